The molecule has 1 aliphatic carbocycles. The van der Waals surface area contributed by atoms with Gasteiger partial charge in [0.15, 0.2) is 0 Å². The minimum absolute atomic E-state index is 0.113. The second kappa shape index (κ2) is 13.7. The molecule has 8 heteroatoms. The summed E-state index contributed by atoms with van der Waals surface area (Å²) in [4.78, 5) is 28.4. The Morgan fingerprint density at radius 2 is 1.94 bits per heavy atom. The van der Waals surface area contributed by atoms with Gasteiger partial charge in [-0.3, -0.25) is 9.59 Å². The molecule has 1 aliphatic rings. The molecule has 190 valence electrons. The summed E-state index contributed by atoms with van der Waals surface area (Å²) in [7, 11) is 1.60. The van der Waals surface area contributed by atoms with Crippen LogP contribution in [0.15, 0.2) is 42.5 Å². The second-order valence-electron chi connectivity index (χ2n) is 8.83. The highest BCUT2D eigenvalue weighted by Crippen LogP contribution is 2.25. The van der Waals surface area contributed by atoms with Gasteiger partial charge in [0, 0.05) is 28.9 Å². The second-order valence-corrected chi connectivity index (χ2v) is 10.2. The maximum atomic E-state index is 14.1. The number of nitrogens with one attached hydrogen (secondary N) is 1. The maximum absolute atomic E-state index is 14.1. The molecule has 0 unspecified atom stereocenters. The van der Waals surface area contributed by atoms with Gasteiger partial charge in [0.05, 0.1) is 12.9 Å². The zero-order valence-electron chi connectivity index (χ0n) is 20.4. The standard InChI is InChI=1S/C27H34ClFN2O3S/c1-3-25(27(33)30-20-10-5-4-6-11-20)31(16-19-9-7-12-21(15-19)34-2)26(32)18-35-17-22-23(28)13-8-14-24(22)29/h7-9,12-15,20,25H,3-6,10-11,16-18H2,1-2H3,(H,30,33)/t25-/m1/s1. The zero-order chi connectivity index (χ0) is 25.2. The van der Waals surface area contributed by atoms with E-state index in [1.807, 2.05) is 31.2 Å². The molecule has 2 aromatic carbocycles. The molecule has 0 saturated heterocycles. The van der Waals surface area contributed by atoms with Gasteiger partial charge in [0.1, 0.15) is 17.6 Å². The molecular formula is C27H34ClFN2O3S. The van der Waals surface area contributed by atoms with Crippen LogP contribution in [0.1, 0.15) is 56.6 Å². The van der Waals surface area contributed by atoms with E-state index in [-0.39, 0.29) is 41.7 Å². The maximum Gasteiger partial charge on any atom is 0.243 e. The van der Waals surface area contributed by atoms with Gasteiger partial charge in [0.2, 0.25) is 11.8 Å². The molecule has 3 rings (SSSR count). The van der Waals surface area contributed by atoms with Crippen LogP contribution in [0.5, 0.6) is 5.75 Å². The number of nitrogens with zero attached hydrogens (tertiary/aromatic N) is 1. The third kappa shape index (κ3) is 7.87. The molecule has 1 fully saturated rings. The average molecular weight is 521 g/mol. The molecule has 0 spiro atoms. The van der Waals surface area contributed by atoms with Gasteiger partial charge in [-0.15, -0.1) is 11.8 Å². The number of carbonyl (C=O) groups is 2. The molecular weight excluding hydrogens is 487 g/mol. The zero-order valence-corrected chi connectivity index (χ0v) is 22.0. The predicted molar refractivity (Wildman–Crippen MR) is 140 cm³/mol. The molecule has 0 bridgehead atoms. The average Bonchev–Trinajstić information content (AvgIpc) is 2.86. The largest absolute Gasteiger partial charge is 0.497 e. The van der Waals surface area contributed by atoms with Crippen LogP contribution in [0.3, 0.4) is 0 Å². The highest BCUT2D eigenvalue weighted by molar-refractivity contribution is 7.99. The van der Waals surface area contributed by atoms with Crippen LogP contribution in [0.25, 0.3) is 0 Å². The first-order valence-corrected chi connectivity index (χ1v) is 13.7. The summed E-state index contributed by atoms with van der Waals surface area (Å²) in [5, 5.41) is 3.52. The van der Waals surface area contributed by atoms with E-state index >= 15 is 0 Å². The highest BCUT2D eigenvalue weighted by Gasteiger charge is 2.30. The molecule has 1 saturated carbocycles. The lowest BCUT2D eigenvalue weighted by molar-refractivity contribution is -0.139. The smallest absolute Gasteiger partial charge is 0.243 e. The van der Waals surface area contributed by atoms with Crippen LogP contribution in [-0.2, 0) is 21.9 Å². The minimum Gasteiger partial charge on any atom is -0.497 e. The number of hydrogen-bond acceptors (Lipinski definition) is 4. The third-order valence-electron chi connectivity index (χ3n) is 6.36. The van der Waals surface area contributed by atoms with Crippen LogP contribution in [-0.4, -0.2) is 41.7 Å². The number of carbonyl (C=O) groups excluding carboxylic acids is 2. The van der Waals surface area contributed by atoms with Gasteiger partial charge in [-0.2, -0.15) is 0 Å². The first-order chi connectivity index (χ1) is 16.9. The summed E-state index contributed by atoms with van der Waals surface area (Å²) in [5.41, 5.74) is 1.26. The van der Waals surface area contributed by atoms with Crippen molar-refractivity contribution >= 4 is 35.2 Å². The molecule has 1 atom stereocenters. The summed E-state index contributed by atoms with van der Waals surface area (Å²) in [6.45, 7) is 2.21. The van der Waals surface area contributed by atoms with Crippen molar-refractivity contribution in [2.24, 2.45) is 0 Å². The summed E-state index contributed by atoms with van der Waals surface area (Å²) < 4.78 is 19.5. The van der Waals surface area contributed by atoms with Gasteiger partial charge in [-0.25, -0.2) is 4.39 Å². The summed E-state index contributed by atoms with van der Waals surface area (Å²) in [6, 6.07) is 11.6. The molecule has 0 aromatic heterocycles. The van der Waals surface area contributed by atoms with E-state index in [2.05, 4.69) is 5.32 Å². The van der Waals surface area contributed by atoms with E-state index in [9.17, 15) is 14.0 Å². The number of amides is 2. The molecule has 0 radical (unpaired) electrons. The fourth-order valence-corrected chi connectivity index (χ4v) is 5.67. The topological polar surface area (TPSA) is 58.6 Å². The van der Waals surface area contributed by atoms with Gasteiger partial charge >= 0.3 is 0 Å². The van der Waals surface area contributed by atoms with Crippen LogP contribution < -0.4 is 10.1 Å². The van der Waals surface area contributed by atoms with Crippen molar-refractivity contribution in [3.8, 4) is 5.75 Å². The fourth-order valence-electron chi connectivity index (χ4n) is 4.42. The van der Waals surface area contributed by atoms with Gasteiger partial charge < -0.3 is 15.0 Å². The number of thioether (sulfide) groups is 1. The van der Waals surface area contributed by atoms with Crippen molar-refractivity contribution in [2.75, 3.05) is 12.9 Å². The Bertz CT molecular complexity index is 980. The van der Waals surface area contributed by atoms with Crippen molar-refractivity contribution < 1.29 is 18.7 Å². The molecule has 0 heterocycles. The van der Waals surface area contributed by atoms with Crippen LogP contribution in [0.4, 0.5) is 4.39 Å². The van der Waals surface area contributed by atoms with Gasteiger partial charge in [-0.1, -0.05) is 56.0 Å². The number of rotatable bonds is 11. The molecule has 35 heavy (non-hydrogen) atoms. The highest BCUT2D eigenvalue weighted by atomic mass is 35.5. The number of methoxy groups -OCH3 is 1. The SMILES string of the molecule is CC[C@H](C(=O)NC1CCCCC1)N(Cc1cccc(OC)c1)C(=O)CSCc1c(F)cccc1Cl. The van der Waals surface area contributed by atoms with E-state index in [1.165, 1.54) is 24.2 Å². The Hall–Kier alpha value is -2.25. The van der Waals surface area contributed by atoms with E-state index in [0.717, 1.165) is 31.2 Å². The summed E-state index contributed by atoms with van der Waals surface area (Å²) in [6.07, 6.45) is 5.88. The Labute approximate surface area is 216 Å². The Morgan fingerprint density at radius 1 is 1.20 bits per heavy atom. The molecule has 2 aromatic rings. The van der Waals surface area contributed by atoms with E-state index in [4.69, 9.17) is 16.3 Å². The quantitative estimate of drug-likeness (QED) is 0.396. The lowest BCUT2D eigenvalue weighted by atomic mass is 9.95. The Morgan fingerprint density at radius 3 is 2.63 bits per heavy atom. The normalized spacial score (nSPS) is 14.9. The van der Waals surface area contributed by atoms with Crippen molar-refractivity contribution in [3.05, 3.63) is 64.4 Å². The summed E-state index contributed by atoms with van der Waals surface area (Å²) in [5.74, 6) is 0.410. The molecule has 5 nitrogen and oxygen atoms in total. The third-order valence-corrected chi connectivity index (χ3v) is 7.66. The molecule has 0 aliphatic heterocycles. The minimum atomic E-state index is -0.590. The number of halogens is 2. The molecule has 1 N–H and O–H groups in total. The number of benzene rings is 2. The predicted octanol–water partition coefficient (Wildman–Crippen LogP) is 5.98. The lowest BCUT2D eigenvalue weighted by Crippen LogP contribution is -2.52. The van der Waals surface area contributed by atoms with E-state index in [0.29, 0.717) is 22.8 Å². The lowest BCUT2D eigenvalue weighted by Gasteiger charge is -2.33. The van der Waals surface area contributed by atoms with Gasteiger partial charge in [0.25, 0.3) is 0 Å². The fraction of sp³-hybridized carbons (Fsp3) is 0.481. The van der Waals surface area contributed by atoms with Crippen molar-refractivity contribution in [1.82, 2.24) is 10.2 Å². The van der Waals surface area contributed by atoms with Crippen LogP contribution >= 0.6 is 23.4 Å². The Balaban J connectivity index is 1.74. The van der Waals surface area contributed by atoms with Crippen LogP contribution in [0.2, 0.25) is 5.02 Å². The number of ether oxygens (including phenoxy) is 1. The van der Waals surface area contributed by atoms with Gasteiger partial charge in [-0.05, 0) is 49.1 Å². The van der Waals surface area contributed by atoms with Crippen molar-refractivity contribution in [1.29, 1.82) is 0 Å². The van der Waals surface area contributed by atoms with E-state index < -0.39 is 6.04 Å². The van der Waals surface area contributed by atoms with Crippen molar-refractivity contribution in [2.45, 2.75) is 69.8 Å². The van der Waals surface area contributed by atoms with Crippen molar-refractivity contribution in [3.63, 3.8) is 0 Å². The summed E-state index contributed by atoms with van der Waals surface area (Å²) >= 11 is 7.43. The monoisotopic (exact) mass is 520 g/mol. The first-order valence-electron chi connectivity index (χ1n) is 12.2. The van der Waals surface area contributed by atoms with Crippen LogP contribution in [0, 0.1) is 5.82 Å². The number of hydrogen-bond donors (Lipinski definition) is 1. The Kier molecular flexibility index (Phi) is 10.7. The molecule has 2 amide bonds. The van der Waals surface area contributed by atoms with E-state index in [1.54, 1.807) is 24.1 Å². The first kappa shape index (κ1) is 27.3.